The first-order chi connectivity index (χ1) is 13.4. The maximum Gasteiger partial charge on any atom is 0.410 e. The van der Waals surface area contributed by atoms with Gasteiger partial charge in [-0.25, -0.2) is 4.79 Å². The largest absolute Gasteiger partial charge is 0.466 e. The molecule has 0 radical (unpaired) electrons. The molecule has 0 saturated heterocycles. The molecule has 1 aromatic carbocycles. The second-order valence-corrected chi connectivity index (χ2v) is 7.16. The van der Waals surface area contributed by atoms with Crippen LogP contribution in [0.25, 0.3) is 0 Å². The first-order valence-corrected chi connectivity index (χ1v) is 9.64. The molecular formula is C21H27N3O4. The molecule has 0 aliphatic carbocycles. The summed E-state index contributed by atoms with van der Waals surface area (Å²) in [7, 11) is 0. The van der Waals surface area contributed by atoms with Crippen LogP contribution in [-0.4, -0.2) is 39.9 Å². The van der Waals surface area contributed by atoms with Crippen molar-refractivity contribution in [1.29, 1.82) is 0 Å². The van der Waals surface area contributed by atoms with Gasteiger partial charge in [-0.3, -0.25) is 9.48 Å². The van der Waals surface area contributed by atoms with Gasteiger partial charge in [0.05, 0.1) is 31.0 Å². The molecule has 2 heterocycles. The molecule has 0 bridgehead atoms. The van der Waals surface area contributed by atoms with Crippen molar-refractivity contribution in [2.75, 3.05) is 13.2 Å². The van der Waals surface area contributed by atoms with E-state index in [0.29, 0.717) is 31.9 Å². The molecule has 7 heteroatoms. The number of carbonyl (C=O) groups is 2. The van der Waals surface area contributed by atoms with E-state index in [1.807, 2.05) is 36.7 Å². The normalized spacial score (nSPS) is 13.6. The maximum absolute atomic E-state index is 12.6. The number of rotatable bonds is 5. The molecule has 3 rings (SSSR count). The van der Waals surface area contributed by atoms with Crippen molar-refractivity contribution in [2.24, 2.45) is 0 Å². The molecule has 0 saturated carbocycles. The molecule has 150 valence electrons. The summed E-state index contributed by atoms with van der Waals surface area (Å²) in [6, 6.07) is 8.01. The van der Waals surface area contributed by atoms with Gasteiger partial charge in [-0.15, -0.1) is 0 Å². The number of carbonyl (C=O) groups excluding carboxylic acids is 2. The van der Waals surface area contributed by atoms with Crippen LogP contribution in [0, 0.1) is 13.8 Å². The van der Waals surface area contributed by atoms with Gasteiger partial charge in [-0.05, 0) is 38.8 Å². The summed E-state index contributed by atoms with van der Waals surface area (Å²) in [5.41, 5.74) is 4.86. The molecule has 7 nitrogen and oxygen atoms in total. The van der Waals surface area contributed by atoms with E-state index in [4.69, 9.17) is 9.47 Å². The molecule has 0 spiro atoms. The van der Waals surface area contributed by atoms with Gasteiger partial charge in [0, 0.05) is 13.1 Å². The third kappa shape index (κ3) is 5.12. The zero-order valence-corrected chi connectivity index (χ0v) is 16.7. The number of esters is 1. The minimum absolute atomic E-state index is 0.144. The van der Waals surface area contributed by atoms with Gasteiger partial charge >= 0.3 is 12.1 Å². The zero-order chi connectivity index (χ0) is 20.1. The standard InChI is InChI=1S/C21H27N3O4/c1-4-27-20(25)12-18-11-19-13-23(6-5-7-24(19)22-18)21(26)28-14-17-9-15(2)8-16(3)10-17/h8-11H,4-7,12-14H2,1-3H3. The van der Waals surface area contributed by atoms with Gasteiger partial charge in [0.15, 0.2) is 0 Å². The fourth-order valence-corrected chi connectivity index (χ4v) is 3.51. The Morgan fingerprint density at radius 1 is 1.07 bits per heavy atom. The van der Waals surface area contributed by atoms with E-state index >= 15 is 0 Å². The van der Waals surface area contributed by atoms with Crippen LogP contribution < -0.4 is 0 Å². The van der Waals surface area contributed by atoms with Crippen LogP contribution in [0.1, 0.15) is 41.4 Å². The van der Waals surface area contributed by atoms with Crippen molar-refractivity contribution in [2.45, 2.75) is 53.3 Å². The molecule has 1 amide bonds. The van der Waals surface area contributed by atoms with E-state index in [2.05, 4.69) is 11.2 Å². The van der Waals surface area contributed by atoms with Gasteiger partial charge in [-0.1, -0.05) is 29.3 Å². The number of aryl methyl sites for hydroxylation is 3. The number of hydrogen-bond donors (Lipinski definition) is 0. The van der Waals surface area contributed by atoms with E-state index in [1.54, 1.807) is 11.8 Å². The minimum atomic E-state index is -0.333. The van der Waals surface area contributed by atoms with Crippen LogP contribution in [0.5, 0.6) is 0 Å². The summed E-state index contributed by atoms with van der Waals surface area (Å²) in [4.78, 5) is 25.9. The molecule has 1 aliphatic heterocycles. The Hall–Kier alpha value is -2.83. The van der Waals surface area contributed by atoms with E-state index < -0.39 is 0 Å². The lowest BCUT2D eigenvalue weighted by Gasteiger charge is -2.19. The van der Waals surface area contributed by atoms with Crippen molar-refractivity contribution in [3.8, 4) is 0 Å². The van der Waals surface area contributed by atoms with Crippen LogP contribution >= 0.6 is 0 Å². The summed E-state index contributed by atoms with van der Waals surface area (Å²) in [6.45, 7) is 8.19. The zero-order valence-electron chi connectivity index (χ0n) is 16.7. The molecular weight excluding hydrogens is 358 g/mol. The summed E-state index contributed by atoms with van der Waals surface area (Å²) < 4.78 is 12.4. The lowest BCUT2D eigenvalue weighted by molar-refractivity contribution is -0.142. The van der Waals surface area contributed by atoms with Crippen molar-refractivity contribution in [3.05, 3.63) is 52.3 Å². The van der Waals surface area contributed by atoms with Crippen molar-refractivity contribution >= 4 is 12.1 Å². The Morgan fingerprint density at radius 2 is 1.82 bits per heavy atom. The molecule has 0 unspecified atom stereocenters. The summed E-state index contributed by atoms with van der Waals surface area (Å²) >= 11 is 0. The van der Waals surface area contributed by atoms with Crippen LogP contribution in [0.3, 0.4) is 0 Å². The Balaban J connectivity index is 1.61. The smallest absolute Gasteiger partial charge is 0.410 e. The first-order valence-electron chi connectivity index (χ1n) is 9.64. The summed E-state index contributed by atoms with van der Waals surface area (Å²) in [6.07, 6.45) is 0.595. The predicted octanol–water partition coefficient (Wildman–Crippen LogP) is 3.15. The third-order valence-electron chi connectivity index (χ3n) is 4.60. The predicted molar refractivity (Wildman–Crippen MR) is 104 cm³/mol. The summed E-state index contributed by atoms with van der Waals surface area (Å²) in [5, 5.41) is 4.48. The number of hydrogen-bond acceptors (Lipinski definition) is 5. The highest BCUT2D eigenvalue weighted by molar-refractivity contribution is 5.72. The number of aromatic nitrogens is 2. The van der Waals surface area contributed by atoms with Gasteiger partial charge in [0.2, 0.25) is 0 Å². The Morgan fingerprint density at radius 3 is 2.54 bits per heavy atom. The van der Waals surface area contributed by atoms with Crippen molar-refractivity contribution < 1.29 is 19.1 Å². The number of nitrogens with zero attached hydrogens (tertiary/aromatic N) is 3. The number of benzene rings is 1. The van der Waals surface area contributed by atoms with Crippen molar-refractivity contribution in [3.63, 3.8) is 0 Å². The van der Waals surface area contributed by atoms with Gasteiger partial charge in [-0.2, -0.15) is 5.10 Å². The number of ether oxygens (including phenoxy) is 2. The lowest BCUT2D eigenvalue weighted by atomic mass is 10.1. The number of amides is 1. The molecule has 28 heavy (non-hydrogen) atoms. The lowest BCUT2D eigenvalue weighted by Crippen LogP contribution is -2.31. The highest BCUT2D eigenvalue weighted by Crippen LogP contribution is 2.16. The molecule has 0 N–H and O–H groups in total. The van der Waals surface area contributed by atoms with Gasteiger partial charge in [0.1, 0.15) is 6.61 Å². The second kappa shape index (κ2) is 8.91. The molecule has 2 aromatic rings. The second-order valence-electron chi connectivity index (χ2n) is 7.16. The van der Waals surface area contributed by atoms with Crippen LogP contribution in [-0.2, 0) is 40.4 Å². The topological polar surface area (TPSA) is 73.7 Å². The van der Waals surface area contributed by atoms with Gasteiger partial charge < -0.3 is 14.4 Å². The van der Waals surface area contributed by atoms with Gasteiger partial charge in [0.25, 0.3) is 0 Å². The Bertz CT molecular complexity index is 839. The van der Waals surface area contributed by atoms with Crippen LogP contribution in [0.15, 0.2) is 24.3 Å². The quantitative estimate of drug-likeness (QED) is 0.739. The average molecular weight is 385 g/mol. The van der Waals surface area contributed by atoms with Crippen LogP contribution in [0.2, 0.25) is 0 Å². The third-order valence-corrected chi connectivity index (χ3v) is 4.60. The minimum Gasteiger partial charge on any atom is -0.466 e. The molecule has 0 atom stereocenters. The van der Waals surface area contributed by atoms with E-state index in [9.17, 15) is 9.59 Å². The fourth-order valence-electron chi connectivity index (χ4n) is 3.51. The molecule has 1 aromatic heterocycles. The first kappa shape index (κ1) is 19.9. The van der Waals surface area contributed by atoms with Crippen LogP contribution in [0.4, 0.5) is 4.79 Å². The SMILES string of the molecule is CCOC(=O)Cc1cc2n(n1)CCCN(C(=O)OCc1cc(C)cc(C)c1)C2. The Labute approximate surface area is 165 Å². The van der Waals surface area contributed by atoms with E-state index in [1.165, 1.54) is 0 Å². The Kier molecular flexibility index (Phi) is 6.34. The highest BCUT2D eigenvalue weighted by Gasteiger charge is 2.22. The van der Waals surface area contributed by atoms with E-state index in [-0.39, 0.29) is 25.1 Å². The monoisotopic (exact) mass is 385 g/mol. The molecule has 1 aliphatic rings. The van der Waals surface area contributed by atoms with E-state index in [0.717, 1.165) is 28.8 Å². The van der Waals surface area contributed by atoms with Crippen molar-refractivity contribution in [1.82, 2.24) is 14.7 Å². The fraction of sp³-hybridized carbons (Fsp3) is 0.476. The molecule has 0 fully saturated rings. The number of fused-ring (bicyclic) bond motifs is 1. The highest BCUT2D eigenvalue weighted by atomic mass is 16.6. The maximum atomic E-state index is 12.6. The summed E-state index contributed by atoms with van der Waals surface area (Å²) in [5.74, 6) is -0.291. The average Bonchev–Trinajstić information content (AvgIpc) is 2.88.